The van der Waals surface area contributed by atoms with Crippen LogP contribution in [-0.2, 0) is 12.6 Å². The van der Waals surface area contributed by atoms with Crippen LogP contribution < -0.4 is 0 Å². The molecule has 4 rings (SSSR count). The number of carbonyl (C=O) groups is 1. The number of fused-ring (bicyclic) bond motifs is 2. The first-order chi connectivity index (χ1) is 12.7. The molecule has 3 aromatic rings. The van der Waals surface area contributed by atoms with Gasteiger partial charge in [-0.25, -0.2) is 4.52 Å². The van der Waals surface area contributed by atoms with E-state index >= 15 is 0 Å². The van der Waals surface area contributed by atoms with Gasteiger partial charge in [-0.2, -0.15) is 18.3 Å². The highest BCUT2D eigenvalue weighted by Gasteiger charge is 2.34. The van der Waals surface area contributed by atoms with Crippen LogP contribution in [0.5, 0.6) is 0 Å². The van der Waals surface area contributed by atoms with E-state index in [4.69, 9.17) is 11.6 Å². The smallest absolute Gasteiger partial charge is 0.330 e. The molecule has 1 aromatic carbocycles. The van der Waals surface area contributed by atoms with Crippen molar-refractivity contribution in [3.8, 4) is 0 Å². The summed E-state index contributed by atoms with van der Waals surface area (Å²) in [5.74, 6) is -0.314. The summed E-state index contributed by atoms with van der Waals surface area (Å²) >= 11 is 5.94. The molecule has 1 atom stereocenters. The van der Waals surface area contributed by atoms with Gasteiger partial charge in [0.2, 0.25) is 0 Å². The standard InChI is InChI=1S/C19H15ClF3N3O/c1-11-16-8-13(19(21,22)23)3-2-12(16)6-7-25(11)18(27)17-9-15-5-4-14(20)10-26(15)24-17/h2-5,8-11H,6-7H2,1H3. The Balaban J connectivity index is 1.67. The molecular formula is C19H15ClF3N3O. The molecule has 0 saturated heterocycles. The minimum atomic E-state index is -4.41. The van der Waals surface area contributed by atoms with E-state index in [1.54, 1.807) is 36.2 Å². The van der Waals surface area contributed by atoms with Crippen molar-refractivity contribution in [2.45, 2.75) is 25.6 Å². The number of hydrogen-bond acceptors (Lipinski definition) is 2. The van der Waals surface area contributed by atoms with Gasteiger partial charge in [0, 0.05) is 12.7 Å². The molecule has 1 aliphatic rings. The van der Waals surface area contributed by atoms with Crippen molar-refractivity contribution in [3.05, 3.63) is 70.0 Å². The number of rotatable bonds is 1. The van der Waals surface area contributed by atoms with Crippen LogP contribution in [0.2, 0.25) is 5.02 Å². The van der Waals surface area contributed by atoms with E-state index < -0.39 is 17.8 Å². The lowest BCUT2D eigenvalue weighted by Crippen LogP contribution is -2.39. The highest BCUT2D eigenvalue weighted by molar-refractivity contribution is 6.30. The predicted molar refractivity (Wildman–Crippen MR) is 94.8 cm³/mol. The number of benzene rings is 1. The van der Waals surface area contributed by atoms with Crippen LogP contribution in [0.25, 0.3) is 5.52 Å². The molecule has 0 N–H and O–H groups in total. The normalized spacial score (nSPS) is 17.2. The quantitative estimate of drug-likeness (QED) is 0.597. The van der Waals surface area contributed by atoms with E-state index in [0.29, 0.717) is 29.1 Å². The molecule has 8 heteroatoms. The van der Waals surface area contributed by atoms with Crippen molar-refractivity contribution in [2.75, 3.05) is 6.54 Å². The molecule has 0 saturated carbocycles. The Morgan fingerprint density at radius 3 is 2.74 bits per heavy atom. The topological polar surface area (TPSA) is 37.6 Å². The molecule has 0 bridgehead atoms. The summed E-state index contributed by atoms with van der Waals surface area (Å²) in [6.07, 6.45) is -2.32. The molecule has 1 aliphatic heterocycles. The third-order valence-electron chi connectivity index (χ3n) is 4.92. The monoisotopic (exact) mass is 393 g/mol. The number of hydrogen-bond donors (Lipinski definition) is 0. The van der Waals surface area contributed by atoms with Crippen LogP contribution in [0.15, 0.2) is 42.6 Å². The van der Waals surface area contributed by atoms with Gasteiger partial charge >= 0.3 is 6.18 Å². The Bertz CT molecular complexity index is 1040. The second kappa shape index (κ2) is 6.27. The molecule has 0 radical (unpaired) electrons. The maximum atomic E-state index is 13.1. The number of alkyl halides is 3. The average Bonchev–Trinajstić information content (AvgIpc) is 3.03. The summed E-state index contributed by atoms with van der Waals surface area (Å²) in [4.78, 5) is 14.5. The minimum Gasteiger partial charge on any atom is -0.330 e. The lowest BCUT2D eigenvalue weighted by Gasteiger charge is -2.35. The van der Waals surface area contributed by atoms with E-state index in [-0.39, 0.29) is 11.6 Å². The molecule has 140 valence electrons. The average molecular weight is 394 g/mol. The Morgan fingerprint density at radius 2 is 2.00 bits per heavy atom. The van der Waals surface area contributed by atoms with E-state index in [1.807, 2.05) is 0 Å². The Kier molecular flexibility index (Phi) is 4.14. The first kappa shape index (κ1) is 17.9. The van der Waals surface area contributed by atoms with Gasteiger partial charge in [-0.3, -0.25) is 4.79 Å². The number of halogens is 4. The van der Waals surface area contributed by atoms with Crippen molar-refractivity contribution < 1.29 is 18.0 Å². The minimum absolute atomic E-state index is 0.236. The third kappa shape index (κ3) is 3.16. The lowest BCUT2D eigenvalue weighted by molar-refractivity contribution is -0.137. The zero-order valence-electron chi connectivity index (χ0n) is 14.3. The summed E-state index contributed by atoms with van der Waals surface area (Å²) < 4.78 is 40.7. The molecule has 1 amide bonds. The second-order valence-electron chi connectivity index (χ2n) is 6.58. The maximum Gasteiger partial charge on any atom is 0.416 e. The first-order valence-corrected chi connectivity index (χ1v) is 8.78. The van der Waals surface area contributed by atoms with Gasteiger partial charge in [-0.15, -0.1) is 0 Å². The maximum absolute atomic E-state index is 13.1. The number of amides is 1. The fraction of sp³-hybridized carbons (Fsp3) is 0.263. The molecule has 1 unspecified atom stereocenters. The SMILES string of the molecule is CC1c2cc(C(F)(F)F)ccc2CCN1C(=O)c1cc2ccc(Cl)cn2n1. The highest BCUT2D eigenvalue weighted by Crippen LogP contribution is 2.36. The fourth-order valence-corrected chi connectivity index (χ4v) is 3.64. The van der Waals surface area contributed by atoms with Gasteiger partial charge in [-0.1, -0.05) is 17.7 Å². The van der Waals surface area contributed by atoms with Crippen LogP contribution in [-0.4, -0.2) is 27.0 Å². The van der Waals surface area contributed by atoms with Gasteiger partial charge < -0.3 is 4.90 Å². The van der Waals surface area contributed by atoms with Crippen LogP contribution >= 0.6 is 11.6 Å². The third-order valence-corrected chi connectivity index (χ3v) is 5.14. The first-order valence-electron chi connectivity index (χ1n) is 8.40. The van der Waals surface area contributed by atoms with Gasteiger partial charge in [0.15, 0.2) is 5.69 Å². The van der Waals surface area contributed by atoms with Crippen molar-refractivity contribution >= 4 is 23.0 Å². The zero-order valence-corrected chi connectivity index (χ0v) is 15.1. The predicted octanol–water partition coefficient (Wildman–Crippen LogP) is 4.77. The van der Waals surface area contributed by atoms with Crippen LogP contribution in [0.3, 0.4) is 0 Å². The molecule has 4 nitrogen and oxygen atoms in total. The summed E-state index contributed by atoms with van der Waals surface area (Å²) in [6, 6.07) is 8.35. The van der Waals surface area contributed by atoms with Gasteiger partial charge in [0.1, 0.15) is 0 Å². The summed E-state index contributed by atoms with van der Waals surface area (Å²) in [7, 11) is 0. The molecule has 0 fully saturated rings. The number of aromatic nitrogens is 2. The Hall–Kier alpha value is -2.54. The lowest BCUT2D eigenvalue weighted by atomic mass is 9.91. The van der Waals surface area contributed by atoms with Crippen molar-refractivity contribution in [1.82, 2.24) is 14.5 Å². The zero-order chi connectivity index (χ0) is 19.3. The fourth-order valence-electron chi connectivity index (χ4n) is 3.48. The van der Waals surface area contributed by atoms with E-state index in [9.17, 15) is 18.0 Å². The molecule has 3 heterocycles. The van der Waals surface area contributed by atoms with Crippen molar-refractivity contribution in [1.29, 1.82) is 0 Å². The largest absolute Gasteiger partial charge is 0.416 e. The molecule has 27 heavy (non-hydrogen) atoms. The van der Waals surface area contributed by atoms with Gasteiger partial charge in [-0.05, 0) is 54.8 Å². The number of pyridine rings is 1. The summed E-state index contributed by atoms with van der Waals surface area (Å²) in [5, 5.41) is 4.75. The number of carbonyl (C=O) groups excluding carboxylic acids is 1. The highest BCUT2D eigenvalue weighted by atomic mass is 35.5. The van der Waals surface area contributed by atoms with Gasteiger partial charge in [0.05, 0.1) is 22.1 Å². The van der Waals surface area contributed by atoms with Gasteiger partial charge in [0.25, 0.3) is 5.91 Å². The Morgan fingerprint density at radius 1 is 1.22 bits per heavy atom. The van der Waals surface area contributed by atoms with Crippen LogP contribution in [0.1, 0.15) is 40.1 Å². The molecule has 0 spiro atoms. The molecule has 2 aromatic heterocycles. The molecule has 0 aliphatic carbocycles. The number of nitrogens with zero attached hydrogens (tertiary/aromatic N) is 3. The van der Waals surface area contributed by atoms with E-state index in [0.717, 1.165) is 17.7 Å². The second-order valence-corrected chi connectivity index (χ2v) is 7.02. The van der Waals surface area contributed by atoms with E-state index in [1.165, 1.54) is 10.6 Å². The van der Waals surface area contributed by atoms with E-state index in [2.05, 4.69) is 5.10 Å². The Labute approximate surface area is 158 Å². The van der Waals surface area contributed by atoms with Crippen molar-refractivity contribution in [3.63, 3.8) is 0 Å². The van der Waals surface area contributed by atoms with Crippen LogP contribution in [0.4, 0.5) is 13.2 Å². The summed E-state index contributed by atoms with van der Waals surface area (Å²) in [6.45, 7) is 2.16. The van der Waals surface area contributed by atoms with Crippen LogP contribution in [0, 0.1) is 0 Å². The van der Waals surface area contributed by atoms with Crippen molar-refractivity contribution in [2.24, 2.45) is 0 Å². The molecular weight excluding hydrogens is 379 g/mol. The summed E-state index contributed by atoms with van der Waals surface area (Å²) in [5.41, 5.74) is 1.61.